The van der Waals surface area contributed by atoms with Crippen molar-refractivity contribution in [2.75, 3.05) is 25.5 Å². The van der Waals surface area contributed by atoms with E-state index in [1.54, 1.807) is 11.9 Å². The molecular formula is C13H18FN3O2. The third-order valence-corrected chi connectivity index (χ3v) is 3.65. The van der Waals surface area contributed by atoms with Gasteiger partial charge in [0.15, 0.2) is 0 Å². The molecule has 6 heteroatoms. The number of pyridine rings is 1. The molecule has 0 saturated carbocycles. The van der Waals surface area contributed by atoms with Gasteiger partial charge in [-0.1, -0.05) is 6.92 Å². The minimum Gasteiger partial charge on any atom is -0.394 e. The Morgan fingerprint density at radius 2 is 2.42 bits per heavy atom. The molecule has 2 rings (SSSR count). The first-order valence-corrected chi connectivity index (χ1v) is 6.33. The first-order chi connectivity index (χ1) is 9.08. The molecule has 0 bridgehead atoms. The molecule has 2 N–H and O–H groups in total. The Bertz CT molecular complexity index is 481. The van der Waals surface area contributed by atoms with Crippen molar-refractivity contribution in [3.63, 3.8) is 0 Å². The fourth-order valence-electron chi connectivity index (χ4n) is 2.50. The van der Waals surface area contributed by atoms with Gasteiger partial charge in [-0.15, -0.1) is 0 Å². The van der Waals surface area contributed by atoms with Crippen molar-refractivity contribution in [1.29, 1.82) is 0 Å². The number of rotatable bonds is 3. The summed E-state index contributed by atoms with van der Waals surface area (Å²) in [6.07, 6.45) is 1.91. The van der Waals surface area contributed by atoms with Crippen LogP contribution in [-0.2, 0) is 0 Å². The van der Waals surface area contributed by atoms with Crippen molar-refractivity contribution < 1.29 is 14.3 Å². The van der Waals surface area contributed by atoms with Crippen LogP contribution < -0.4 is 5.32 Å². The van der Waals surface area contributed by atoms with Crippen LogP contribution in [0.15, 0.2) is 12.3 Å². The Morgan fingerprint density at radius 1 is 1.68 bits per heavy atom. The number of likely N-dealkylation sites (tertiary alicyclic amines) is 1. The number of anilines is 1. The Hall–Kier alpha value is -1.69. The SMILES string of the molecule is CNc1ncc(F)cc1C(=O)N1CCC(C)C1CO. The van der Waals surface area contributed by atoms with E-state index in [-0.39, 0.29) is 30.0 Å². The second-order valence-electron chi connectivity index (χ2n) is 4.81. The van der Waals surface area contributed by atoms with Crippen LogP contribution in [0.25, 0.3) is 0 Å². The van der Waals surface area contributed by atoms with Gasteiger partial charge in [-0.2, -0.15) is 0 Å². The quantitative estimate of drug-likeness (QED) is 0.861. The second kappa shape index (κ2) is 5.52. The number of halogens is 1. The number of carbonyl (C=O) groups excluding carboxylic acids is 1. The third kappa shape index (κ3) is 2.53. The standard InChI is InChI=1S/C13H18FN3O2/c1-8-3-4-17(11(8)7-18)13(19)10-5-9(14)6-16-12(10)15-2/h5-6,8,11,18H,3-4,7H2,1-2H3,(H,15,16). The van der Waals surface area contributed by atoms with Crippen LogP contribution in [0.3, 0.4) is 0 Å². The molecule has 2 atom stereocenters. The summed E-state index contributed by atoms with van der Waals surface area (Å²) in [5.41, 5.74) is 0.204. The number of hydrogen-bond acceptors (Lipinski definition) is 4. The smallest absolute Gasteiger partial charge is 0.258 e. The molecule has 19 heavy (non-hydrogen) atoms. The minimum atomic E-state index is -0.546. The van der Waals surface area contributed by atoms with Gasteiger partial charge in [0, 0.05) is 13.6 Å². The summed E-state index contributed by atoms with van der Waals surface area (Å²) in [4.78, 5) is 17.9. The van der Waals surface area contributed by atoms with Crippen molar-refractivity contribution in [3.05, 3.63) is 23.6 Å². The summed E-state index contributed by atoms with van der Waals surface area (Å²) in [6, 6.07) is 0.971. The van der Waals surface area contributed by atoms with E-state index in [0.717, 1.165) is 12.6 Å². The molecule has 1 aliphatic heterocycles. The van der Waals surface area contributed by atoms with Crippen LogP contribution >= 0.6 is 0 Å². The molecule has 0 aromatic carbocycles. The summed E-state index contributed by atoms with van der Waals surface area (Å²) < 4.78 is 13.3. The molecular weight excluding hydrogens is 249 g/mol. The lowest BCUT2D eigenvalue weighted by Crippen LogP contribution is -2.40. The van der Waals surface area contributed by atoms with Crippen LogP contribution in [0.4, 0.5) is 10.2 Å². The number of hydrogen-bond donors (Lipinski definition) is 2. The number of amides is 1. The monoisotopic (exact) mass is 267 g/mol. The van der Waals surface area contributed by atoms with Crippen LogP contribution in [0.2, 0.25) is 0 Å². The van der Waals surface area contributed by atoms with Crippen molar-refractivity contribution in [2.24, 2.45) is 5.92 Å². The Balaban J connectivity index is 2.31. The van der Waals surface area contributed by atoms with Gasteiger partial charge in [0.25, 0.3) is 5.91 Å². The molecule has 1 aliphatic rings. The molecule has 2 heterocycles. The van der Waals surface area contributed by atoms with E-state index >= 15 is 0 Å². The zero-order valence-corrected chi connectivity index (χ0v) is 11.1. The lowest BCUT2D eigenvalue weighted by Gasteiger charge is -2.25. The van der Waals surface area contributed by atoms with Gasteiger partial charge in [0.05, 0.1) is 24.4 Å². The highest BCUT2D eigenvalue weighted by molar-refractivity contribution is 5.99. The minimum absolute atomic E-state index is 0.0788. The van der Waals surface area contributed by atoms with Gasteiger partial charge in [-0.3, -0.25) is 4.79 Å². The Morgan fingerprint density at radius 3 is 3.05 bits per heavy atom. The molecule has 0 aliphatic carbocycles. The van der Waals surface area contributed by atoms with Gasteiger partial charge in [-0.05, 0) is 18.4 Å². The Labute approximate surface area is 111 Å². The average Bonchev–Trinajstić information content (AvgIpc) is 2.78. The van der Waals surface area contributed by atoms with E-state index in [1.165, 1.54) is 6.07 Å². The largest absolute Gasteiger partial charge is 0.394 e. The topological polar surface area (TPSA) is 65.5 Å². The van der Waals surface area contributed by atoms with Gasteiger partial charge in [0.2, 0.25) is 0 Å². The van der Waals surface area contributed by atoms with E-state index in [0.29, 0.717) is 12.4 Å². The maximum Gasteiger partial charge on any atom is 0.258 e. The molecule has 0 radical (unpaired) electrons. The predicted molar refractivity (Wildman–Crippen MR) is 69.4 cm³/mol. The molecule has 0 spiro atoms. The van der Waals surface area contributed by atoms with E-state index in [2.05, 4.69) is 10.3 Å². The maximum absolute atomic E-state index is 13.3. The van der Waals surface area contributed by atoms with Gasteiger partial charge < -0.3 is 15.3 Å². The van der Waals surface area contributed by atoms with E-state index in [9.17, 15) is 14.3 Å². The average molecular weight is 267 g/mol. The van der Waals surface area contributed by atoms with E-state index in [1.807, 2.05) is 6.92 Å². The normalized spacial score (nSPS) is 22.6. The van der Waals surface area contributed by atoms with Crippen molar-refractivity contribution >= 4 is 11.7 Å². The molecule has 1 aromatic rings. The Kier molecular flexibility index (Phi) is 3.99. The van der Waals surface area contributed by atoms with Crippen LogP contribution in [0.5, 0.6) is 0 Å². The van der Waals surface area contributed by atoms with Gasteiger partial charge in [-0.25, -0.2) is 9.37 Å². The lowest BCUT2D eigenvalue weighted by molar-refractivity contribution is 0.0648. The fourth-order valence-corrected chi connectivity index (χ4v) is 2.50. The molecule has 1 fully saturated rings. The number of nitrogens with zero attached hydrogens (tertiary/aromatic N) is 2. The summed E-state index contributed by atoms with van der Waals surface area (Å²) in [5.74, 6) is -0.244. The summed E-state index contributed by atoms with van der Waals surface area (Å²) >= 11 is 0. The number of aromatic nitrogens is 1. The second-order valence-corrected chi connectivity index (χ2v) is 4.81. The highest BCUT2D eigenvalue weighted by Gasteiger charge is 2.35. The number of aliphatic hydroxyl groups excluding tert-OH is 1. The first kappa shape index (κ1) is 13.7. The molecule has 1 amide bonds. The van der Waals surface area contributed by atoms with Crippen molar-refractivity contribution in [1.82, 2.24) is 9.88 Å². The number of carbonyl (C=O) groups is 1. The van der Waals surface area contributed by atoms with E-state index in [4.69, 9.17) is 0 Å². The predicted octanol–water partition coefficient (Wildman–Crippen LogP) is 1.11. The van der Waals surface area contributed by atoms with Crippen molar-refractivity contribution in [3.8, 4) is 0 Å². The van der Waals surface area contributed by atoms with Gasteiger partial charge in [0.1, 0.15) is 11.6 Å². The zero-order valence-electron chi connectivity index (χ0n) is 11.1. The third-order valence-electron chi connectivity index (χ3n) is 3.65. The van der Waals surface area contributed by atoms with Crippen LogP contribution in [0.1, 0.15) is 23.7 Å². The highest BCUT2D eigenvalue weighted by atomic mass is 19.1. The van der Waals surface area contributed by atoms with Crippen LogP contribution in [-0.4, -0.2) is 47.1 Å². The number of aliphatic hydroxyl groups is 1. The molecule has 1 aromatic heterocycles. The van der Waals surface area contributed by atoms with Crippen molar-refractivity contribution in [2.45, 2.75) is 19.4 Å². The lowest BCUT2D eigenvalue weighted by atomic mass is 10.0. The fraction of sp³-hybridized carbons (Fsp3) is 0.538. The zero-order chi connectivity index (χ0) is 14.0. The molecule has 2 unspecified atom stereocenters. The highest BCUT2D eigenvalue weighted by Crippen LogP contribution is 2.27. The summed E-state index contributed by atoms with van der Waals surface area (Å²) in [5, 5.41) is 12.2. The van der Waals surface area contributed by atoms with E-state index < -0.39 is 5.82 Å². The molecule has 104 valence electrons. The first-order valence-electron chi connectivity index (χ1n) is 6.33. The summed E-state index contributed by atoms with van der Waals surface area (Å²) in [6.45, 7) is 2.49. The molecule has 5 nitrogen and oxygen atoms in total. The van der Waals surface area contributed by atoms with Gasteiger partial charge >= 0.3 is 0 Å². The maximum atomic E-state index is 13.3. The van der Waals surface area contributed by atoms with Crippen LogP contribution in [0, 0.1) is 11.7 Å². The molecule has 1 saturated heterocycles. The number of nitrogens with one attached hydrogen (secondary N) is 1. The summed E-state index contributed by atoms with van der Waals surface area (Å²) in [7, 11) is 1.63.